The zero-order valence-corrected chi connectivity index (χ0v) is 23.8. The van der Waals surface area contributed by atoms with Crippen molar-refractivity contribution in [3.8, 4) is 0 Å². The lowest BCUT2D eigenvalue weighted by molar-refractivity contribution is -0.183. The number of rotatable bonds is 9. The van der Waals surface area contributed by atoms with Gasteiger partial charge in [-0.3, -0.25) is 9.59 Å². The molecular weight excluding hydrogens is 551 g/mol. The lowest BCUT2D eigenvalue weighted by atomic mass is 9.89. The number of ether oxygens (including phenoxy) is 1. The quantitative estimate of drug-likeness (QED) is 0.431. The van der Waals surface area contributed by atoms with Crippen molar-refractivity contribution in [3.05, 3.63) is 69.7 Å². The van der Waals surface area contributed by atoms with Gasteiger partial charge in [0, 0.05) is 15.6 Å². The maximum absolute atomic E-state index is 14.0. The third-order valence-corrected chi connectivity index (χ3v) is 8.74. The number of carbonyl (C=O) groups excluding carboxylic acids is 1. The maximum atomic E-state index is 14.0. The van der Waals surface area contributed by atoms with Gasteiger partial charge in [0.25, 0.3) is 5.91 Å². The van der Waals surface area contributed by atoms with Gasteiger partial charge in [0.15, 0.2) is 0 Å². The van der Waals surface area contributed by atoms with Crippen LogP contribution in [0.3, 0.4) is 0 Å². The van der Waals surface area contributed by atoms with E-state index in [4.69, 9.17) is 27.9 Å². The van der Waals surface area contributed by atoms with Crippen LogP contribution in [-0.2, 0) is 24.3 Å². The number of hydrogen-bond donors (Lipinski definition) is 2. The monoisotopic (exact) mass is 582 g/mol. The van der Waals surface area contributed by atoms with Crippen LogP contribution in [-0.4, -0.2) is 53.7 Å². The van der Waals surface area contributed by atoms with Gasteiger partial charge in [-0.25, -0.2) is 13.1 Å². The van der Waals surface area contributed by atoms with Gasteiger partial charge in [-0.05, 0) is 74.9 Å². The molecule has 1 aliphatic heterocycles. The fraction of sp³-hybridized carbons (Fsp3) is 0.481. The van der Waals surface area contributed by atoms with Crippen molar-refractivity contribution in [2.24, 2.45) is 5.92 Å². The molecule has 38 heavy (non-hydrogen) atoms. The molecule has 2 N–H and O–H groups in total. The average molecular weight is 584 g/mol. The summed E-state index contributed by atoms with van der Waals surface area (Å²) in [5.41, 5.74) is 0.635. The summed E-state index contributed by atoms with van der Waals surface area (Å²) >= 11 is 12.5. The van der Waals surface area contributed by atoms with Gasteiger partial charge in [0.05, 0.1) is 24.3 Å². The van der Waals surface area contributed by atoms with Crippen molar-refractivity contribution in [1.29, 1.82) is 0 Å². The van der Waals surface area contributed by atoms with E-state index in [-0.39, 0.29) is 11.7 Å². The van der Waals surface area contributed by atoms with Crippen molar-refractivity contribution >= 4 is 45.1 Å². The zero-order valence-electron chi connectivity index (χ0n) is 21.4. The molecule has 2 fully saturated rings. The van der Waals surface area contributed by atoms with Crippen LogP contribution >= 0.6 is 23.2 Å². The molecule has 4 unspecified atom stereocenters. The molecule has 0 spiro atoms. The maximum Gasteiger partial charge on any atom is 0.306 e. The number of benzene rings is 2. The first-order valence-corrected chi connectivity index (χ1v) is 14.9. The van der Waals surface area contributed by atoms with Crippen molar-refractivity contribution in [2.45, 2.75) is 69.9 Å². The number of aliphatic carboxylic acids is 1. The molecule has 2 aromatic rings. The highest BCUT2D eigenvalue weighted by Gasteiger charge is 2.51. The van der Waals surface area contributed by atoms with Crippen LogP contribution in [0.15, 0.2) is 48.5 Å². The highest BCUT2D eigenvalue weighted by atomic mass is 35.5. The first-order chi connectivity index (χ1) is 17.7. The zero-order chi connectivity index (χ0) is 27.8. The molecule has 0 aromatic heterocycles. The molecule has 4 rings (SSSR count). The van der Waals surface area contributed by atoms with E-state index in [2.05, 4.69) is 4.72 Å². The van der Waals surface area contributed by atoms with E-state index in [0.717, 1.165) is 12.8 Å². The van der Waals surface area contributed by atoms with Crippen LogP contribution in [0.2, 0.25) is 10.0 Å². The van der Waals surface area contributed by atoms with E-state index in [1.807, 2.05) is 0 Å². The first-order valence-electron chi connectivity index (χ1n) is 12.5. The molecule has 1 saturated carbocycles. The molecule has 1 amide bonds. The van der Waals surface area contributed by atoms with Gasteiger partial charge in [-0.15, -0.1) is 0 Å². The Hall–Kier alpha value is -2.17. The van der Waals surface area contributed by atoms with Gasteiger partial charge in [-0.2, -0.15) is 0 Å². The second kappa shape index (κ2) is 11.1. The first kappa shape index (κ1) is 28.8. The number of morpholine rings is 1. The molecule has 4 atom stereocenters. The second-order valence-corrected chi connectivity index (χ2v) is 13.6. The number of sulfonamides is 1. The molecule has 2 aliphatic rings. The number of nitrogens with one attached hydrogen (secondary N) is 1. The Balaban J connectivity index is 1.86. The highest BCUT2D eigenvalue weighted by Crippen LogP contribution is 2.48. The predicted molar refractivity (Wildman–Crippen MR) is 146 cm³/mol. The summed E-state index contributed by atoms with van der Waals surface area (Å²) in [6, 6.07) is 12.5. The Labute approximate surface area is 233 Å². The second-order valence-electron chi connectivity index (χ2n) is 11.0. The summed E-state index contributed by atoms with van der Waals surface area (Å²) in [6.07, 6.45) is -1.11. The van der Waals surface area contributed by atoms with Crippen molar-refractivity contribution in [2.75, 3.05) is 5.75 Å². The van der Waals surface area contributed by atoms with Gasteiger partial charge >= 0.3 is 5.97 Å². The van der Waals surface area contributed by atoms with Gasteiger partial charge in [0.2, 0.25) is 10.0 Å². The van der Waals surface area contributed by atoms with E-state index in [1.54, 1.807) is 74.2 Å². The van der Waals surface area contributed by atoms with Crippen LogP contribution in [0.25, 0.3) is 0 Å². The average Bonchev–Trinajstić information content (AvgIpc) is 3.63. The smallest absolute Gasteiger partial charge is 0.306 e. The van der Waals surface area contributed by atoms with Crippen molar-refractivity contribution < 1.29 is 27.9 Å². The number of carbonyl (C=O) groups is 2. The van der Waals surface area contributed by atoms with E-state index < -0.39 is 58.2 Å². The molecule has 2 aromatic carbocycles. The topological polar surface area (TPSA) is 113 Å². The fourth-order valence-corrected chi connectivity index (χ4v) is 7.24. The van der Waals surface area contributed by atoms with Crippen LogP contribution in [0.4, 0.5) is 0 Å². The molecule has 206 valence electrons. The molecular formula is C27H32Cl2N2O6S. The molecule has 0 radical (unpaired) electrons. The van der Waals surface area contributed by atoms with Gasteiger partial charge in [0.1, 0.15) is 12.2 Å². The van der Waals surface area contributed by atoms with Gasteiger partial charge in [-0.1, -0.05) is 47.5 Å². The van der Waals surface area contributed by atoms with E-state index >= 15 is 0 Å². The van der Waals surface area contributed by atoms with Crippen LogP contribution < -0.4 is 4.72 Å². The number of carboxylic acids is 1. The number of amides is 1. The predicted octanol–water partition coefficient (Wildman–Crippen LogP) is 4.97. The van der Waals surface area contributed by atoms with E-state index in [9.17, 15) is 23.1 Å². The molecule has 1 aliphatic carbocycles. The SMILES string of the molecule is CC(C)(C)NS(=O)(=O)CC(C1CC1)N1C(=O)C(CC(=O)O)OC(c2cccc(Cl)c2)C1c1ccc(Cl)cc1. The minimum Gasteiger partial charge on any atom is -0.481 e. The van der Waals surface area contributed by atoms with Crippen LogP contribution in [0, 0.1) is 5.92 Å². The Morgan fingerprint density at radius 3 is 2.32 bits per heavy atom. The summed E-state index contributed by atoms with van der Waals surface area (Å²) in [6.45, 7) is 5.27. The Morgan fingerprint density at radius 1 is 1.11 bits per heavy atom. The summed E-state index contributed by atoms with van der Waals surface area (Å²) in [4.78, 5) is 27.2. The molecule has 1 saturated heterocycles. The van der Waals surface area contributed by atoms with Crippen molar-refractivity contribution in [1.82, 2.24) is 9.62 Å². The van der Waals surface area contributed by atoms with Gasteiger partial charge < -0.3 is 14.7 Å². The molecule has 11 heteroatoms. The number of hydrogen-bond acceptors (Lipinski definition) is 5. The van der Waals surface area contributed by atoms with E-state index in [0.29, 0.717) is 21.2 Å². The Kier molecular flexibility index (Phi) is 8.45. The Morgan fingerprint density at radius 2 is 1.76 bits per heavy atom. The summed E-state index contributed by atoms with van der Waals surface area (Å²) in [7, 11) is -3.80. The lowest BCUT2D eigenvalue weighted by Gasteiger charge is -2.48. The standard InChI is InChI=1S/C27H32Cl2N2O6S/c1-27(2,3)30-38(35,36)15-21(16-7-8-16)31-24(17-9-11-19(28)12-10-17)25(18-5-4-6-20(29)13-18)37-22(26(31)34)14-23(32)33/h4-6,9-13,16,21-22,24-25,30H,7-8,14-15H2,1-3H3,(H,32,33). The third-order valence-electron chi connectivity index (χ3n) is 6.55. The number of nitrogens with zero attached hydrogens (tertiary/aromatic N) is 1. The molecule has 8 nitrogen and oxygen atoms in total. The van der Waals surface area contributed by atoms with Crippen LogP contribution in [0.5, 0.6) is 0 Å². The Bertz CT molecular complexity index is 1290. The number of halogens is 2. The molecule has 0 bridgehead atoms. The molecule has 1 heterocycles. The largest absolute Gasteiger partial charge is 0.481 e. The number of carboxylic acid groups (broad SMARTS) is 1. The normalized spacial score (nSPS) is 23.3. The minimum absolute atomic E-state index is 0.0473. The third kappa shape index (κ3) is 7.07. The fourth-order valence-electron chi connectivity index (χ4n) is 5.02. The highest BCUT2D eigenvalue weighted by molar-refractivity contribution is 7.89. The lowest BCUT2D eigenvalue weighted by Crippen LogP contribution is -2.58. The summed E-state index contributed by atoms with van der Waals surface area (Å²) < 4.78 is 35.4. The van der Waals surface area contributed by atoms with E-state index in [1.165, 1.54) is 0 Å². The summed E-state index contributed by atoms with van der Waals surface area (Å²) in [5.74, 6) is -2.10. The minimum atomic E-state index is -3.80. The van der Waals surface area contributed by atoms with Crippen LogP contribution in [0.1, 0.15) is 63.3 Å². The van der Waals surface area contributed by atoms with Crippen molar-refractivity contribution in [3.63, 3.8) is 0 Å². The summed E-state index contributed by atoms with van der Waals surface area (Å²) in [5, 5.41) is 10.5.